The lowest BCUT2D eigenvalue weighted by Gasteiger charge is -2.08. The van der Waals surface area contributed by atoms with E-state index in [1.165, 1.54) is 21.6 Å². The summed E-state index contributed by atoms with van der Waals surface area (Å²) < 4.78 is 18.6. The van der Waals surface area contributed by atoms with Gasteiger partial charge in [-0.15, -0.1) is 5.10 Å². The Bertz CT molecular complexity index is 1230. The predicted molar refractivity (Wildman–Crippen MR) is 90.7 cm³/mol. The Labute approximate surface area is 146 Å². The van der Waals surface area contributed by atoms with Gasteiger partial charge < -0.3 is 5.11 Å². The second kappa shape index (κ2) is 4.98. The Kier molecular flexibility index (Phi) is 2.91. The summed E-state index contributed by atoms with van der Waals surface area (Å²) in [6, 6.07) is 4.49. The molecule has 5 rings (SSSR count). The van der Waals surface area contributed by atoms with Crippen molar-refractivity contribution in [2.75, 3.05) is 0 Å². The fourth-order valence-corrected chi connectivity index (χ4v) is 3.31. The molecule has 3 aromatic heterocycles. The largest absolute Gasteiger partial charge is 0.389 e. The third-order valence-corrected chi connectivity index (χ3v) is 4.91. The Morgan fingerprint density at radius 3 is 2.92 bits per heavy atom. The first-order valence-electron chi connectivity index (χ1n) is 8.25. The van der Waals surface area contributed by atoms with Crippen molar-refractivity contribution in [1.29, 1.82) is 0 Å². The summed E-state index contributed by atoms with van der Waals surface area (Å²) in [5.74, 6) is -0.154. The summed E-state index contributed by atoms with van der Waals surface area (Å²) in [5.41, 5.74) is 0.463. The van der Waals surface area contributed by atoms with Crippen molar-refractivity contribution in [2.24, 2.45) is 7.05 Å². The molecule has 26 heavy (non-hydrogen) atoms. The van der Waals surface area contributed by atoms with Gasteiger partial charge in [-0.1, -0.05) is 11.3 Å². The molecule has 1 N–H and O–H groups in total. The van der Waals surface area contributed by atoms with Crippen molar-refractivity contribution in [3.63, 3.8) is 0 Å². The minimum atomic E-state index is -0.669. The summed E-state index contributed by atoms with van der Waals surface area (Å²) in [6.45, 7) is 0. The average molecular weight is 354 g/mol. The molecule has 9 heteroatoms. The van der Waals surface area contributed by atoms with Crippen molar-refractivity contribution in [3.05, 3.63) is 52.6 Å². The molecule has 0 unspecified atom stereocenters. The minimum absolute atomic E-state index is 0.0154. The monoisotopic (exact) mass is 354 g/mol. The van der Waals surface area contributed by atoms with Crippen LogP contribution >= 0.6 is 0 Å². The van der Waals surface area contributed by atoms with Crippen LogP contribution in [0, 0.1) is 5.82 Å². The molecular weight excluding hydrogens is 339 g/mol. The van der Waals surface area contributed by atoms with E-state index in [0.29, 0.717) is 29.1 Å². The molecule has 0 bridgehead atoms. The van der Waals surface area contributed by atoms with Crippen molar-refractivity contribution in [2.45, 2.75) is 24.9 Å². The molecule has 1 aliphatic carbocycles. The highest BCUT2D eigenvalue weighted by Gasteiger charge is 2.41. The summed E-state index contributed by atoms with van der Waals surface area (Å²) in [7, 11) is 1.57. The molecule has 0 amide bonds. The van der Waals surface area contributed by atoms with Gasteiger partial charge >= 0.3 is 0 Å². The number of halogens is 1. The maximum Gasteiger partial charge on any atom is 0.264 e. The zero-order valence-electron chi connectivity index (χ0n) is 13.9. The van der Waals surface area contributed by atoms with E-state index in [4.69, 9.17) is 0 Å². The molecule has 3 heterocycles. The molecule has 8 nitrogen and oxygen atoms in total. The third-order valence-electron chi connectivity index (χ3n) is 4.91. The fourth-order valence-electron chi connectivity index (χ4n) is 3.31. The van der Waals surface area contributed by atoms with E-state index in [1.807, 2.05) is 0 Å². The van der Waals surface area contributed by atoms with Crippen molar-refractivity contribution in [1.82, 2.24) is 28.9 Å². The topological polar surface area (TPSA) is 90.2 Å². The van der Waals surface area contributed by atoms with Crippen LogP contribution in [0.4, 0.5) is 4.39 Å². The number of aromatic nitrogens is 6. The molecule has 0 saturated heterocycles. The average Bonchev–Trinajstić information content (AvgIpc) is 3.01. The van der Waals surface area contributed by atoms with Gasteiger partial charge in [0.2, 0.25) is 0 Å². The van der Waals surface area contributed by atoms with Crippen LogP contribution in [0.3, 0.4) is 0 Å². The van der Waals surface area contributed by atoms with Gasteiger partial charge in [-0.3, -0.25) is 13.8 Å². The number of rotatable bonds is 3. The van der Waals surface area contributed by atoms with Gasteiger partial charge in [0.05, 0.1) is 28.4 Å². The molecule has 1 aliphatic rings. The number of hydrogen-bond acceptors (Lipinski definition) is 5. The molecule has 1 fully saturated rings. The van der Waals surface area contributed by atoms with Crippen LogP contribution in [0.2, 0.25) is 0 Å². The normalized spacial score (nSPS) is 15.8. The second-order valence-electron chi connectivity index (χ2n) is 6.82. The summed E-state index contributed by atoms with van der Waals surface area (Å²) in [4.78, 5) is 17.0. The van der Waals surface area contributed by atoms with Crippen LogP contribution in [0.25, 0.3) is 22.4 Å². The van der Waals surface area contributed by atoms with Gasteiger partial charge in [0.25, 0.3) is 5.56 Å². The van der Waals surface area contributed by atoms with Gasteiger partial charge in [0.1, 0.15) is 12.1 Å². The second-order valence-corrected chi connectivity index (χ2v) is 6.82. The summed E-state index contributed by atoms with van der Waals surface area (Å²) in [5, 5.41) is 18.2. The standard InChI is InChI=1S/C17H15FN6O2/c1-22-15-14(24-8-10(20-21-24)7-17(26)5-6-17)19-9-23(15)12-4-2-3-11(18)13(12)16(22)25/h2-4,8-9,26H,5-7H2,1H3. The number of nitrogens with zero attached hydrogens (tertiary/aromatic N) is 6. The van der Waals surface area contributed by atoms with E-state index in [-0.39, 0.29) is 5.39 Å². The third kappa shape index (κ3) is 2.10. The Hall–Kier alpha value is -3.07. The molecular formula is C17H15FN6O2. The lowest BCUT2D eigenvalue weighted by atomic mass is 10.2. The first-order valence-corrected chi connectivity index (χ1v) is 8.25. The molecule has 4 aromatic rings. The first kappa shape index (κ1) is 15.2. The van der Waals surface area contributed by atoms with Gasteiger partial charge in [0, 0.05) is 13.5 Å². The molecule has 0 atom stereocenters. The SMILES string of the molecule is Cn1c(=O)c2c(F)cccc2n2cnc(-n3cc(CC4(O)CC4)nn3)c12. The lowest BCUT2D eigenvalue weighted by Crippen LogP contribution is -2.21. The molecule has 0 aliphatic heterocycles. The van der Waals surface area contributed by atoms with Crippen molar-refractivity contribution in [3.8, 4) is 5.82 Å². The van der Waals surface area contributed by atoms with E-state index >= 15 is 0 Å². The Morgan fingerprint density at radius 1 is 1.35 bits per heavy atom. The van der Waals surface area contributed by atoms with Gasteiger partial charge in [-0.25, -0.2) is 9.37 Å². The van der Waals surface area contributed by atoms with Crippen molar-refractivity contribution < 1.29 is 9.50 Å². The van der Waals surface area contributed by atoms with E-state index in [1.54, 1.807) is 29.8 Å². The van der Waals surface area contributed by atoms with Crippen LogP contribution in [0.15, 0.2) is 35.5 Å². The molecule has 0 spiro atoms. The molecule has 1 aromatic carbocycles. The van der Waals surface area contributed by atoms with Crippen LogP contribution in [-0.4, -0.2) is 39.7 Å². The van der Waals surface area contributed by atoms with Gasteiger partial charge in [-0.05, 0) is 25.0 Å². The molecule has 0 radical (unpaired) electrons. The van der Waals surface area contributed by atoms with E-state index in [0.717, 1.165) is 12.8 Å². The number of aryl methyl sites for hydroxylation is 1. The highest BCUT2D eigenvalue weighted by atomic mass is 19.1. The first-order chi connectivity index (χ1) is 12.5. The minimum Gasteiger partial charge on any atom is -0.389 e. The molecule has 1 saturated carbocycles. The van der Waals surface area contributed by atoms with E-state index in [9.17, 15) is 14.3 Å². The quantitative estimate of drug-likeness (QED) is 0.592. The Morgan fingerprint density at radius 2 is 2.15 bits per heavy atom. The number of benzene rings is 1. The summed E-state index contributed by atoms with van der Waals surface area (Å²) in [6.07, 6.45) is 5.19. The maximum absolute atomic E-state index is 14.2. The Balaban J connectivity index is 1.73. The maximum atomic E-state index is 14.2. The van der Waals surface area contributed by atoms with E-state index < -0.39 is 17.0 Å². The van der Waals surface area contributed by atoms with Gasteiger partial charge in [0.15, 0.2) is 11.5 Å². The smallest absolute Gasteiger partial charge is 0.264 e. The van der Waals surface area contributed by atoms with Crippen LogP contribution in [0.1, 0.15) is 18.5 Å². The lowest BCUT2D eigenvalue weighted by molar-refractivity contribution is 0.149. The van der Waals surface area contributed by atoms with Crippen LogP contribution in [0.5, 0.6) is 0 Å². The van der Waals surface area contributed by atoms with Crippen LogP contribution < -0.4 is 5.56 Å². The predicted octanol–water partition coefficient (Wildman–Crippen LogP) is 0.973. The fraction of sp³-hybridized carbons (Fsp3) is 0.294. The van der Waals surface area contributed by atoms with Crippen LogP contribution in [-0.2, 0) is 13.5 Å². The number of aliphatic hydroxyl groups is 1. The number of fused-ring (bicyclic) bond motifs is 3. The van der Waals surface area contributed by atoms with Gasteiger partial charge in [-0.2, -0.15) is 4.68 Å². The number of imidazole rings is 1. The zero-order valence-corrected chi connectivity index (χ0v) is 13.9. The highest BCUT2D eigenvalue weighted by molar-refractivity contribution is 5.82. The number of hydrogen-bond donors (Lipinski definition) is 1. The summed E-state index contributed by atoms with van der Waals surface area (Å²) >= 11 is 0. The molecule has 132 valence electrons. The highest BCUT2D eigenvalue weighted by Crippen LogP contribution is 2.37. The zero-order chi connectivity index (χ0) is 18.1. The van der Waals surface area contributed by atoms with E-state index in [2.05, 4.69) is 15.3 Å². The van der Waals surface area contributed by atoms with Crippen molar-refractivity contribution >= 4 is 16.6 Å².